The minimum atomic E-state index is 0.573. The first kappa shape index (κ1) is 17.1. The van der Waals surface area contributed by atoms with Gasteiger partial charge >= 0.3 is 0 Å². The Balaban J connectivity index is 1.66. The van der Waals surface area contributed by atoms with Gasteiger partial charge in [-0.2, -0.15) is 0 Å². The molecule has 0 heterocycles. The lowest BCUT2D eigenvalue weighted by Crippen LogP contribution is -2.01. The third-order valence-corrected chi connectivity index (χ3v) is 5.92. The maximum atomic E-state index is 2.40. The molecule has 0 fully saturated rings. The van der Waals surface area contributed by atoms with E-state index in [1.807, 2.05) is 0 Å². The van der Waals surface area contributed by atoms with Crippen LogP contribution in [0.3, 0.4) is 0 Å². The minimum Gasteiger partial charge on any atom is -0.0761 e. The Morgan fingerprint density at radius 2 is 1.96 bits per heavy atom. The quantitative estimate of drug-likeness (QED) is 0.552. The lowest BCUT2D eigenvalue weighted by Gasteiger charge is -2.15. The second-order valence-corrected chi connectivity index (χ2v) is 7.97. The number of hydrogen-bond donors (Lipinski definition) is 0. The number of rotatable bonds is 4. The zero-order chi connectivity index (χ0) is 18.3. The van der Waals surface area contributed by atoms with Crippen LogP contribution in [-0.2, 0) is 6.42 Å². The van der Waals surface area contributed by atoms with Gasteiger partial charge in [0.25, 0.3) is 0 Å². The maximum absolute atomic E-state index is 2.40. The summed E-state index contributed by atoms with van der Waals surface area (Å²) >= 11 is 0. The molecule has 4 rings (SSSR count). The molecular weight excluding hydrogens is 312 g/mol. The van der Waals surface area contributed by atoms with Crippen molar-refractivity contribution in [3.63, 3.8) is 0 Å². The van der Waals surface area contributed by atoms with Crippen molar-refractivity contribution in [1.82, 2.24) is 0 Å². The summed E-state index contributed by atoms with van der Waals surface area (Å²) in [6.45, 7) is 9.09. The first-order chi connectivity index (χ1) is 12.6. The number of allylic oxidation sites excluding steroid dienone is 5. The predicted molar refractivity (Wildman–Crippen MR) is 114 cm³/mol. The molecule has 0 N–H and O–H groups in total. The molecule has 0 saturated carbocycles. The first-order valence-corrected chi connectivity index (χ1v) is 9.90. The number of hydrogen-bond acceptors (Lipinski definition) is 0. The van der Waals surface area contributed by atoms with E-state index in [1.165, 1.54) is 44.5 Å². The van der Waals surface area contributed by atoms with E-state index in [1.54, 1.807) is 0 Å². The molecule has 2 aromatic carbocycles. The topological polar surface area (TPSA) is 0 Å². The van der Waals surface area contributed by atoms with Crippen molar-refractivity contribution in [3.05, 3.63) is 88.0 Å². The van der Waals surface area contributed by atoms with E-state index in [9.17, 15) is 0 Å². The highest BCUT2D eigenvalue weighted by Gasteiger charge is 2.21. The Kier molecular flexibility index (Phi) is 4.44. The van der Waals surface area contributed by atoms with Crippen LogP contribution >= 0.6 is 0 Å². The first-order valence-electron chi connectivity index (χ1n) is 9.90. The van der Waals surface area contributed by atoms with Crippen molar-refractivity contribution in [2.45, 2.75) is 46.5 Å². The van der Waals surface area contributed by atoms with Gasteiger partial charge in [0.1, 0.15) is 0 Å². The highest BCUT2D eigenvalue weighted by Crippen LogP contribution is 2.39. The zero-order valence-electron chi connectivity index (χ0n) is 16.3. The van der Waals surface area contributed by atoms with Crippen molar-refractivity contribution in [2.75, 3.05) is 0 Å². The Hall–Kier alpha value is -2.34. The van der Waals surface area contributed by atoms with Gasteiger partial charge in [0.05, 0.1) is 0 Å². The van der Waals surface area contributed by atoms with Gasteiger partial charge in [-0.25, -0.2) is 0 Å². The van der Waals surface area contributed by atoms with Crippen LogP contribution in [0.4, 0.5) is 0 Å². The molecular formula is C26H28. The molecule has 0 aromatic heterocycles. The number of aryl methyl sites for hydroxylation is 2. The molecule has 0 saturated heterocycles. The molecule has 132 valence electrons. The molecule has 0 nitrogen and oxygen atoms in total. The van der Waals surface area contributed by atoms with E-state index >= 15 is 0 Å². The Bertz CT molecular complexity index is 935. The lowest BCUT2D eigenvalue weighted by atomic mass is 9.89. The molecule has 0 bridgehead atoms. The molecule has 0 amide bonds. The van der Waals surface area contributed by atoms with Crippen LogP contribution in [0.25, 0.3) is 17.2 Å². The van der Waals surface area contributed by atoms with Gasteiger partial charge in [-0.05, 0) is 76.3 Å². The van der Waals surface area contributed by atoms with Crippen LogP contribution in [0.5, 0.6) is 0 Å². The third-order valence-electron chi connectivity index (χ3n) is 5.92. The van der Waals surface area contributed by atoms with Crippen LogP contribution in [0.15, 0.2) is 54.6 Å². The van der Waals surface area contributed by atoms with Gasteiger partial charge in [-0.15, -0.1) is 0 Å². The molecule has 2 aliphatic carbocycles. The average molecular weight is 341 g/mol. The summed E-state index contributed by atoms with van der Waals surface area (Å²) in [5.74, 6) is 1.23. The summed E-state index contributed by atoms with van der Waals surface area (Å²) < 4.78 is 0. The van der Waals surface area contributed by atoms with Crippen LogP contribution < -0.4 is 0 Å². The Morgan fingerprint density at radius 1 is 1.12 bits per heavy atom. The summed E-state index contributed by atoms with van der Waals surface area (Å²) in [5.41, 5.74) is 11.4. The summed E-state index contributed by atoms with van der Waals surface area (Å²) in [5, 5.41) is 0. The van der Waals surface area contributed by atoms with Crippen molar-refractivity contribution in [3.8, 4) is 0 Å². The SMILES string of the molecule is CCc1cccc(C)c1C1=CCC(c2ccc3c(c2)C=CC3C(C)C)=C1. The highest BCUT2D eigenvalue weighted by molar-refractivity contribution is 5.91. The van der Waals surface area contributed by atoms with Crippen LogP contribution in [0.1, 0.15) is 66.5 Å². The average Bonchev–Trinajstić information content (AvgIpc) is 3.27. The van der Waals surface area contributed by atoms with Crippen LogP contribution in [-0.4, -0.2) is 0 Å². The molecule has 2 aromatic rings. The van der Waals surface area contributed by atoms with Gasteiger partial charge < -0.3 is 0 Å². The Morgan fingerprint density at radius 3 is 2.73 bits per heavy atom. The molecule has 26 heavy (non-hydrogen) atoms. The summed E-state index contributed by atoms with van der Waals surface area (Å²) in [4.78, 5) is 0. The molecule has 0 spiro atoms. The molecule has 2 aliphatic rings. The standard InChI is InChI=1S/C26H28/c1-5-19-8-6-7-18(4)26(19)23-10-9-20(16-23)21-11-14-25-22(15-21)12-13-24(25)17(2)3/h6-8,10-17,24H,5,9H2,1-4H3. The minimum absolute atomic E-state index is 0.573. The van der Waals surface area contributed by atoms with Crippen LogP contribution in [0.2, 0.25) is 0 Å². The van der Waals surface area contributed by atoms with Crippen LogP contribution in [0, 0.1) is 12.8 Å². The smallest absolute Gasteiger partial charge is 0.00502 e. The normalized spacial score (nSPS) is 18.3. The van der Waals surface area contributed by atoms with Crippen molar-refractivity contribution in [1.29, 1.82) is 0 Å². The summed E-state index contributed by atoms with van der Waals surface area (Å²) in [6, 6.07) is 13.7. The molecule has 1 atom stereocenters. The van der Waals surface area contributed by atoms with Gasteiger partial charge in [0.2, 0.25) is 0 Å². The fraction of sp³-hybridized carbons (Fsp3) is 0.308. The Labute approximate surface area is 158 Å². The lowest BCUT2D eigenvalue weighted by molar-refractivity contribution is 0.584. The van der Waals surface area contributed by atoms with E-state index in [-0.39, 0.29) is 0 Å². The van der Waals surface area contributed by atoms with E-state index in [0.717, 1.165) is 12.8 Å². The van der Waals surface area contributed by atoms with E-state index < -0.39 is 0 Å². The monoisotopic (exact) mass is 340 g/mol. The fourth-order valence-corrected chi connectivity index (χ4v) is 4.45. The van der Waals surface area contributed by atoms with Gasteiger partial charge in [0, 0.05) is 5.92 Å². The molecule has 0 aliphatic heterocycles. The second kappa shape index (κ2) is 6.76. The van der Waals surface area contributed by atoms with Gasteiger partial charge in [-0.1, -0.05) is 75.4 Å². The number of benzene rings is 2. The zero-order valence-corrected chi connectivity index (χ0v) is 16.3. The molecule has 0 radical (unpaired) electrons. The summed E-state index contributed by atoms with van der Waals surface area (Å²) in [7, 11) is 0. The van der Waals surface area contributed by atoms with E-state index in [0.29, 0.717) is 11.8 Å². The van der Waals surface area contributed by atoms with Crippen molar-refractivity contribution < 1.29 is 0 Å². The number of fused-ring (bicyclic) bond motifs is 1. The second-order valence-electron chi connectivity index (χ2n) is 7.97. The predicted octanol–water partition coefficient (Wildman–Crippen LogP) is 7.19. The fourth-order valence-electron chi connectivity index (χ4n) is 4.45. The third kappa shape index (κ3) is 2.88. The maximum Gasteiger partial charge on any atom is 0.00502 e. The highest BCUT2D eigenvalue weighted by atomic mass is 14.3. The summed E-state index contributed by atoms with van der Waals surface area (Å²) in [6.07, 6.45) is 11.6. The van der Waals surface area contributed by atoms with Gasteiger partial charge in [0.15, 0.2) is 0 Å². The van der Waals surface area contributed by atoms with Crippen molar-refractivity contribution in [2.24, 2.45) is 5.92 Å². The largest absolute Gasteiger partial charge is 0.0761 e. The van der Waals surface area contributed by atoms with Crippen molar-refractivity contribution >= 4 is 17.2 Å². The van der Waals surface area contributed by atoms with E-state index in [4.69, 9.17) is 0 Å². The molecule has 0 heteroatoms. The molecule has 1 unspecified atom stereocenters. The van der Waals surface area contributed by atoms with E-state index in [2.05, 4.69) is 88.4 Å². The van der Waals surface area contributed by atoms with Gasteiger partial charge in [-0.3, -0.25) is 0 Å².